The number of benzene rings is 2. The van der Waals surface area contributed by atoms with E-state index in [1.165, 1.54) is 0 Å². The number of hydrogen-bond acceptors (Lipinski definition) is 5. The predicted molar refractivity (Wildman–Crippen MR) is 97.8 cm³/mol. The number of thioether (sulfide) groups is 1. The lowest BCUT2D eigenvalue weighted by molar-refractivity contribution is 0.414. The third-order valence-corrected chi connectivity index (χ3v) is 4.30. The summed E-state index contributed by atoms with van der Waals surface area (Å²) in [6, 6.07) is 15.7. The number of aromatic nitrogens is 2. The van der Waals surface area contributed by atoms with E-state index in [-0.39, 0.29) is 0 Å². The molecule has 0 fully saturated rings. The summed E-state index contributed by atoms with van der Waals surface area (Å²) in [5.74, 6) is 1.64. The van der Waals surface area contributed by atoms with Gasteiger partial charge in [-0.25, -0.2) is 4.98 Å². The van der Waals surface area contributed by atoms with Crippen LogP contribution in [0.2, 0.25) is 0 Å². The number of nitrogens with zero attached hydrogens (tertiary/aromatic N) is 2. The van der Waals surface area contributed by atoms with Crippen molar-refractivity contribution in [3.05, 3.63) is 54.7 Å². The molecule has 0 spiro atoms. The van der Waals surface area contributed by atoms with Crippen molar-refractivity contribution in [2.24, 2.45) is 0 Å². The topological polar surface area (TPSA) is 44.2 Å². The highest BCUT2D eigenvalue weighted by atomic mass is 32.2. The van der Waals surface area contributed by atoms with Crippen molar-refractivity contribution < 1.29 is 9.47 Å². The molecule has 1 aromatic heterocycles. The lowest BCUT2D eigenvalue weighted by Gasteiger charge is -2.11. The van der Waals surface area contributed by atoms with Crippen molar-refractivity contribution in [1.29, 1.82) is 0 Å². The van der Waals surface area contributed by atoms with Crippen molar-refractivity contribution >= 4 is 11.8 Å². The number of methoxy groups -OCH3 is 2. The van der Waals surface area contributed by atoms with Gasteiger partial charge in [0.05, 0.1) is 31.8 Å². The summed E-state index contributed by atoms with van der Waals surface area (Å²) in [4.78, 5) is 9.40. The molecule has 5 heteroatoms. The van der Waals surface area contributed by atoms with E-state index in [4.69, 9.17) is 14.5 Å². The number of hydrogen-bond donors (Lipinski definition) is 0. The van der Waals surface area contributed by atoms with Crippen molar-refractivity contribution in [2.75, 3.05) is 20.5 Å². The van der Waals surface area contributed by atoms with E-state index in [0.29, 0.717) is 0 Å². The third kappa shape index (κ3) is 3.36. The minimum absolute atomic E-state index is 0.818. The highest BCUT2D eigenvalue weighted by Gasteiger charge is 2.12. The lowest BCUT2D eigenvalue weighted by atomic mass is 10.0. The maximum absolute atomic E-state index is 5.24. The summed E-state index contributed by atoms with van der Waals surface area (Å²) in [6.45, 7) is 0. The van der Waals surface area contributed by atoms with Crippen LogP contribution in [0.5, 0.6) is 11.5 Å². The summed E-state index contributed by atoms with van der Waals surface area (Å²) in [6.07, 6.45) is 3.80. The van der Waals surface area contributed by atoms with E-state index in [2.05, 4.69) is 4.98 Å². The molecule has 2 aromatic carbocycles. The Morgan fingerprint density at radius 3 is 1.71 bits per heavy atom. The Labute approximate surface area is 145 Å². The fourth-order valence-corrected chi connectivity index (χ4v) is 2.72. The summed E-state index contributed by atoms with van der Waals surface area (Å²) in [5, 5.41) is 0.887. The van der Waals surface area contributed by atoms with Gasteiger partial charge in [-0.2, -0.15) is 0 Å². The van der Waals surface area contributed by atoms with Crippen LogP contribution >= 0.6 is 11.8 Å². The minimum atomic E-state index is 0.818. The molecule has 0 aliphatic carbocycles. The average Bonchev–Trinajstić information content (AvgIpc) is 2.67. The summed E-state index contributed by atoms with van der Waals surface area (Å²) in [5.41, 5.74) is 3.71. The van der Waals surface area contributed by atoms with Gasteiger partial charge in [0.15, 0.2) is 0 Å². The van der Waals surface area contributed by atoms with Crippen LogP contribution in [0.4, 0.5) is 0 Å². The van der Waals surface area contributed by atoms with Crippen LogP contribution in [0.3, 0.4) is 0 Å². The van der Waals surface area contributed by atoms with Gasteiger partial charge in [-0.1, -0.05) is 0 Å². The van der Waals surface area contributed by atoms with Gasteiger partial charge in [-0.15, -0.1) is 11.8 Å². The van der Waals surface area contributed by atoms with Crippen molar-refractivity contribution in [3.8, 4) is 34.0 Å². The molecule has 122 valence electrons. The molecule has 0 amide bonds. The Bertz CT molecular complexity index is 818. The zero-order valence-corrected chi connectivity index (χ0v) is 14.6. The first-order valence-electron chi connectivity index (χ1n) is 7.45. The Kier molecular flexibility index (Phi) is 5.01. The average molecular weight is 338 g/mol. The second-order valence-electron chi connectivity index (χ2n) is 5.07. The molecule has 0 aliphatic rings. The molecular weight excluding hydrogens is 320 g/mol. The SMILES string of the molecule is COc1ccc(-c2ncc(SC)nc2-c2ccc(OC)cc2)cc1. The van der Waals surface area contributed by atoms with Crippen LogP contribution in [0.1, 0.15) is 0 Å². The first-order chi connectivity index (χ1) is 11.7. The molecule has 1 heterocycles. The first kappa shape index (κ1) is 16.3. The molecule has 0 saturated heterocycles. The molecule has 0 atom stereocenters. The van der Waals surface area contributed by atoms with Gasteiger partial charge in [0.1, 0.15) is 16.5 Å². The molecule has 24 heavy (non-hydrogen) atoms. The van der Waals surface area contributed by atoms with Gasteiger partial charge < -0.3 is 9.47 Å². The molecule has 4 nitrogen and oxygen atoms in total. The molecule has 3 rings (SSSR count). The first-order valence-corrected chi connectivity index (χ1v) is 8.67. The molecule has 0 aliphatic heterocycles. The molecule has 0 radical (unpaired) electrons. The molecule has 0 N–H and O–H groups in total. The zero-order chi connectivity index (χ0) is 16.9. The van der Waals surface area contributed by atoms with Gasteiger partial charge in [0.25, 0.3) is 0 Å². The van der Waals surface area contributed by atoms with E-state index in [1.54, 1.807) is 32.2 Å². The molecule has 3 aromatic rings. The Morgan fingerprint density at radius 2 is 1.25 bits per heavy atom. The Morgan fingerprint density at radius 1 is 0.750 bits per heavy atom. The van der Waals surface area contributed by atoms with Crippen LogP contribution in [0, 0.1) is 0 Å². The monoisotopic (exact) mass is 338 g/mol. The Balaban J connectivity index is 2.10. The van der Waals surface area contributed by atoms with Crippen LogP contribution < -0.4 is 9.47 Å². The summed E-state index contributed by atoms with van der Waals surface area (Å²) < 4.78 is 10.5. The maximum Gasteiger partial charge on any atom is 0.118 e. The standard InChI is InChI=1S/C19H18N2O2S/c1-22-15-8-4-13(5-9-15)18-19(21-17(24-3)12-20-18)14-6-10-16(23-2)11-7-14/h4-12H,1-3H3. The van der Waals surface area contributed by atoms with Gasteiger partial charge in [0.2, 0.25) is 0 Å². The normalized spacial score (nSPS) is 10.5. The van der Waals surface area contributed by atoms with Crippen LogP contribution in [-0.2, 0) is 0 Å². The van der Waals surface area contributed by atoms with Crippen molar-refractivity contribution in [3.63, 3.8) is 0 Å². The highest BCUT2D eigenvalue weighted by molar-refractivity contribution is 7.98. The molecule has 0 unspecified atom stereocenters. The maximum atomic E-state index is 5.24. The predicted octanol–water partition coefficient (Wildman–Crippen LogP) is 4.55. The van der Waals surface area contributed by atoms with E-state index < -0.39 is 0 Å². The van der Waals surface area contributed by atoms with Gasteiger partial charge in [0, 0.05) is 11.1 Å². The molecule has 0 saturated carbocycles. The van der Waals surface area contributed by atoms with Gasteiger partial charge in [-0.3, -0.25) is 4.98 Å². The van der Waals surface area contributed by atoms with Gasteiger partial charge in [-0.05, 0) is 54.8 Å². The van der Waals surface area contributed by atoms with E-state index in [0.717, 1.165) is 39.0 Å². The van der Waals surface area contributed by atoms with Gasteiger partial charge >= 0.3 is 0 Å². The second-order valence-corrected chi connectivity index (χ2v) is 5.89. The van der Waals surface area contributed by atoms with Crippen LogP contribution in [0.25, 0.3) is 22.5 Å². The molecular formula is C19H18N2O2S. The third-order valence-electron chi connectivity index (χ3n) is 3.69. The summed E-state index contributed by atoms with van der Waals surface area (Å²) in [7, 11) is 3.32. The number of rotatable bonds is 5. The second kappa shape index (κ2) is 7.36. The van der Waals surface area contributed by atoms with E-state index >= 15 is 0 Å². The fourth-order valence-electron chi connectivity index (χ4n) is 2.38. The zero-order valence-electron chi connectivity index (χ0n) is 13.8. The van der Waals surface area contributed by atoms with E-state index in [1.807, 2.05) is 54.8 Å². The Hall–Kier alpha value is -2.53. The van der Waals surface area contributed by atoms with Crippen LogP contribution in [0.15, 0.2) is 59.8 Å². The van der Waals surface area contributed by atoms with E-state index in [9.17, 15) is 0 Å². The van der Waals surface area contributed by atoms with Crippen LogP contribution in [-0.4, -0.2) is 30.4 Å². The molecule has 0 bridgehead atoms. The fraction of sp³-hybridized carbons (Fsp3) is 0.158. The lowest BCUT2D eigenvalue weighted by Crippen LogP contribution is -1.95. The minimum Gasteiger partial charge on any atom is -0.497 e. The quantitative estimate of drug-likeness (QED) is 0.639. The van der Waals surface area contributed by atoms with Crippen molar-refractivity contribution in [1.82, 2.24) is 9.97 Å². The summed E-state index contributed by atoms with van der Waals surface area (Å²) >= 11 is 1.58. The largest absolute Gasteiger partial charge is 0.497 e. The highest BCUT2D eigenvalue weighted by Crippen LogP contribution is 2.32. The number of ether oxygens (including phenoxy) is 2. The smallest absolute Gasteiger partial charge is 0.118 e. The van der Waals surface area contributed by atoms with Crippen molar-refractivity contribution in [2.45, 2.75) is 5.03 Å².